The Morgan fingerprint density at radius 2 is 1.92 bits per heavy atom. The number of carbonyl (C=O) groups is 2. The summed E-state index contributed by atoms with van der Waals surface area (Å²) in [5.74, 6) is -1.71. The highest BCUT2D eigenvalue weighted by Gasteiger charge is 2.20. The number of carboxylic acids is 1. The van der Waals surface area contributed by atoms with E-state index in [4.69, 9.17) is 0 Å². The first-order valence-corrected chi connectivity index (χ1v) is 9.58. The zero-order chi connectivity index (χ0) is 18.2. The zero-order valence-electron chi connectivity index (χ0n) is 13.9. The number of unbranched alkanes of at least 4 members (excludes halogenated alkanes) is 2. The summed E-state index contributed by atoms with van der Waals surface area (Å²) in [6.45, 7) is 3.52. The molecule has 0 saturated heterocycles. The van der Waals surface area contributed by atoms with Gasteiger partial charge in [0.05, 0.1) is 5.75 Å². The van der Waals surface area contributed by atoms with Crippen molar-refractivity contribution in [2.45, 2.75) is 45.6 Å². The summed E-state index contributed by atoms with van der Waals surface area (Å²) in [7, 11) is -3.44. The number of hydrogen-bond acceptors (Lipinski definition) is 4. The van der Waals surface area contributed by atoms with Crippen LogP contribution in [0, 0.1) is 0 Å². The number of carboxylic acid groups (broad SMARTS) is 1. The minimum absolute atomic E-state index is 0.0814. The summed E-state index contributed by atoms with van der Waals surface area (Å²) in [6, 6.07) is 4.99. The van der Waals surface area contributed by atoms with Crippen LogP contribution in [0.1, 0.15) is 49.9 Å². The molecule has 3 N–H and O–H groups in total. The number of sulfonamides is 1. The van der Waals surface area contributed by atoms with Crippen LogP contribution in [0.25, 0.3) is 0 Å². The normalized spacial score (nSPS) is 12.4. The molecule has 1 aromatic rings. The molecule has 0 aliphatic carbocycles. The van der Waals surface area contributed by atoms with Gasteiger partial charge in [0.25, 0.3) is 5.91 Å². The molecule has 1 rings (SSSR count). The van der Waals surface area contributed by atoms with Crippen molar-refractivity contribution < 1.29 is 23.1 Å². The lowest BCUT2D eigenvalue weighted by molar-refractivity contribution is -0.139. The second-order valence-electron chi connectivity index (χ2n) is 5.45. The molecule has 0 aliphatic heterocycles. The van der Waals surface area contributed by atoms with Gasteiger partial charge in [0, 0.05) is 11.3 Å². The molecule has 1 aromatic carbocycles. The lowest BCUT2D eigenvalue weighted by atomic mass is 10.1. The number of benzene rings is 1. The number of anilines is 1. The van der Waals surface area contributed by atoms with Gasteiger partial charge in [-0.3, -0.25) is 9.52 Å². The van der Waals surface area contributed by atoms with Gasteiger partial charge in [-0.05, 0) is 31.5 Å². The fraction of sp³-hybridized carbons (Fsp3) is 0.500. The Bertz CT molecular complexity index is 673. The third kappa shape index (κ3) is 6.57. The number of aliphatic carboxylic acids is 1. The van der Waals surface area contributed by atoms with E-state index in [0.29, 0.717) is 12.8 Å². The van der Waals surface area contributed by atoms with Gasteiger partial charge < -0.3 is 10.4 Å². The summed E-state index contributed by atoms with van der Waals surface area (Å²) in [5.41, 5.74) is 0.468. The van der Waals surface area contributed by atoms with Gasteiger partial charge in [0.1, 0.15) is 6.04 Å². The number of carbonyl (C=O) groups excluding carboxylic acids is 1. The largest absolute Gasteiger partial charge is 0.480 e. The molecule has 0 fully saturated rings. The summed E-state index contributed by atoms with van der Waals surface area (Å²) in [6.07, 6.45) is 2.93. The Morgan fingerprint density at radius 3 is 2.50 bits per heavy atom. The molecule has 0 unspecified atom stereocenters. The quantitative estimate of drug-likeness (QED) is 0.556. The van der Waals surface area contributed by atoms with Crippen LogP contribution in [-0.4, -0.2) is 37.2 Å². The molecule has 0 aromatic heterocycles. The van der Waals surface area contributed by atoms with E-state index >= 15 is 0 Å². The number of nitrogens with one attached hydrogen (secondary N) is 2. The number of amides is 1. The van der Waals surface area contributed by atoms with Crippen molar-refractivity contribution in [2.24, 2.45) is 0 Å². The molecular formula is C16H24N2O5S. The highest BCUT2D eigenvalue weighted by atomic mass is 32.2. The molecule has 134 valence electrons. The van der Waals surface area contributed by atoms with Crippen LogP contribution < -0.4 is 10.0 Å². The lowest BCUT2D eigenvalue weighted by Gasteiger charge is -2.15. The van der Waals surface area contributed by atoms with E-state index in [9.17, 15) is 23.1 Å². The van der Waals surface area contributed by atoms with Gasteiger partial charge in [-0.1, -0.05) is 32.3 Å². The highest BCUT2D eigenvalue weighted by molar-refractivity contribution is 7.92. The molecule has 24 heavy (non-hydrogen) atoms. The first-order valence-electron chi connectivity index (χ1n) is 7.93. The van der Waals surface area contributed by atoms with Crippen molar-refractivity contribution in [3.05, 3.63) is 29.8 Å². The van der Waals surface area contributed by atoms with Crippen molar-refractivity contribution in [1.82, 2.24) is 5.32 Å². The van der Waals surface area contributed by atoms with Crippen LogP contribution in [0.5, 0.6) is 0 Å². The van der Waals surface area contributed by atoms with Crippen molar-refractivity contribution in [1.29, 1.82) is 0 Å². The molecule has 0 bridgehead atoms. The van der Waals surface area contributed by atoms with Crippen molar-refractivity contribution in [2.75, 3.05) is 10.5 Å². The molecule has 0 aliphatic rings. The predicted molar refractivity (Wildman–Crippen MR) is 92.6 cm³/mol. The van der Waals surface area contributed by atoms with Crippen LogP contribution in [0.4, 0.5) is 5.69 Å². The fourth-order valence-electron chi connectivity index (χ4n) is 2.07. The second kappa shape index (κ2) is 9.27. The van der Waals surface area contributed by atoms with E-state index in [2.05, 4.69) is 10.0 Å². The van der Waals surface area contributed by atoms with Gasteiger partial charge in [0.2, 0.25) is 10.0 Å². The van der Waals surface area contributed by atoms with E-state index in [1.807, 2.05) is 6.92 Å². The fourth-order valence-corrected chi connectivity index (χ4v) is 2.70. The Hall–Kier alpha value is -2.09. The van der Waals surface area contributed by atoms with Gasteiger partial charge in [-0.15, -0.1) is 0 Å². The van der Waals surface area contributed by atoms with Gasteiger partial charge in [-0.25, -0.2) is 13.2 Å². The smallest absolute Gasteiger partial charge is 0.326 e. The Morgan fingerprint density at radius 1 is 1.21 bits per heavy atom. The molecular weight excluding hydrogens is 332 g/mol. The summed E-state index contributed by atoms with van der Waals surface area (Å²) in [5, 5.41) is 11.7. The maximum Gasteiger partial charge on any atom is 0.326 e. The van der Waals surface area contributed by atoms with Crippen LogP contribution in [0.2, 0.25) is 0 Å². The minimum atomic E-state index is -3.44. The van der Waals surface area contributed by atoms with Gasteiger partial charge >= 0.3 is 5.97 Å². The molecule has 1 atom stereocenters. The maximum atomic E-state index is 12.2. The average Bonchev–Trinajstić information content (AvgIpc) is 2.53. The van der Waals surface area contributed by atoms with E-state index in [-0.39, 0.29) is 17.0 Å². The van der Waals surface area contributed by atoms with Crippen molar-refractivity contribution in [3.63, 3.8) is 0 Å². The Labute approximate surface area is 142 Å². The number of hydrogen-bond donors (Lipinski definition) is 3. The maximum absolute atomic E-state index is 12.2. The van der Waals surface area contributed by atoms with Crippen molar-refractivity contribution >= 4 is 27.6 Å². The molecule has 1 amide bonds. The van der Waals surface area contributed by atoms with Gasteiger partial charge in [0.15, 0.2) is 0 Å². The highest BCUT2D eigenvalue weighted by Crippen LogP contribution is 2.13. The molecule has 0 spiro atoms. The van der Waals surface area contributed by atoms with Crippen LogP contribution in [-0.2, 0) is 14.8 Å². The third-order valence-electron chi connectivity index (χ3n) is 3.48. The molecule has 0 radical (unpaired) electrons. The van der Waals surface area contributed by atoms with E-state index in [0.717, 1.165) is 12.8 Å². The van der Waals surface area contributed by atoms with Crippen molar-refractivity contribution in [3.8, 4) is 0 Å². The third-order valence-corrected chi connectivity index (χ3v) is 4.78. The van der Waals surface area contributed by atoms with Crippen LogP contribution in [0.3, 0.4) is 0 Å². The standard InChI is InChI=1S/C16H24N2O5S/c1-3-5-6-10-14(16(20)21)17-15(19)12-8-7-9-13(11-12)18-24(22,23)4-2/h7-9,11,14,18H,3-6,10H2,1-2H3,(H,17,19)(H,20,21)/t14-/m0/s1. The molecule has 0 heterocycles. The summed E-state index contributed by atoms with van der Waals surface area (Å²) < 4.78 is 25.5. The van der Waals surface area contributed by atoms with E-state index in [1.165, 1.54) is 31.2 Å². The SMILES string of the molecule is CCCCC[C@H](NC(=O)c1cccc(NS(=O)(=O)CC)c1)C(=O)O. The van der Waals surface area contributed by atoms with E-state index in [1.54, 1.807) is 0 Å². The predicted octanol–water partition coefficient (Wildman–Crippen LogP) is 2.21. The Kier molecular flexibility index (Phi) is 7.70. The number of rotatable bonds is 10. The first kappa shape index (κ1) is 20.0. The lowest BCUT2D eigenvalue weighted by Crippen LogP contribution is -2.40. The molecule has 0 saturated carbocycles. The summed E-state index contributed by atoms with van der Waals surface area (Å²) in [4.78, 5) is 23.5. The van der Waals surface area contributed by atoms with E-state index < -0.39 is 27.9 Å². The van der Waals surface area contributed by atoms with Crippen LogP contribution in [0.15, 0.2) is 24.3 Å². The Balaban J connectivity index is 2.81. The van der Waals surface area contributed by atoms with Gasteiger partial charge in [-0.2, -0.15) is 0 Å². The molecule has 8 heteroatoms. The van der Waals surface area contributed by atoms with Crippen LogP contribution >= 0.6 is 0 Å². The molecule has 7 nitrogen and oxygen atoms in total. The average molecular weight is 356 g/mol. The zero-order valence-corrected chi connectivity index (χ0v) is 14.7. The summed E-state index contributed by atoms with van der Waals surface area (Å²) >= 11 is 0. The topological polar surface area (TPSA) is 113 Å². The minimum Gasteiger partial charge on any atom is -0.480 e. The monoisotopic (exact) mass is 356 g/mol. The second-order valence-corrected chi connectivity index (χ2v) is 7.46. The first-order chi connectivity index (χ1) is 11.3.